The molecule has 3 aromatic rings. The molecule has 0 aliphatic carbocycles. The van der Waals surface area contributed by atoms with E-state index in [1.807, 2.05) is 68.7 Å². The molecule has 0 saturated carbocycles. The minimum atomic E-state index is -3.92. The number of hydrazone groups is 1. The minimum absolute atomic E-state index is 0. The van der Waals surface area contributed by atoms with E-state index in [1.165, 1.54) is 12.1 Å². The smallest absolute Gasteiger partial charge is 0.264 e. The third-order valence-corrected chi connectivity index (χ3v) is 7.72. The molecule has 0 aromatic heterocycles. The van der Waals surface area contributed by atoms with E-state index in [4.69, 9.17) is 28.3 Å². The Bertz CT molecular complexity index is 1360. The maximum absolute atomic E-state index is 13.3. The number of halogens is 3. The first-order chi connectivity index (χ1) is 17.7. The van der Waals surface area contributed by atoms with Crippen molar-refractivity contribution in [3.05, 3.63) is 100 Å². The minimum Gasteiger partial charge on any atom is -0.309 e. The fourth-order valence-electron chi connectivity index (χ4n) is 3.99. The zero-order chi connectivity index (χ0) is 26.4. The Hall–Kier alpha value is -2.62. The highest BCUT2D eigenvalue weighted by Gasteiger charge is 2.33. The summed E-state index contributed by atoms with van der Waals surface area (Å²) in [5, 5.41) is 7.60. The topological polar surface area (TPSA) is 77.4 Å². The first-order valence-electron chi connectivity index (χ1n) is 11.9. The third-order valence-electron chi connectivity index (χ3n) is 5.88. The van der Waals surface area contributed by atoms with E-state index >= 15 is 0 Å². The molecule has 0 spiro atoms. The molecule has 0 radical (unpaired) electrons. The summed E-state index contributed by atoms with van der Waals surface area (Å²) in [4.78, 5) is 6.80. The summed E-state index contributed by atoms with van der Waals surface area (Å²) in [6.07, 6.45) is 0.767. The van der Waals surface area contributed by atoms with Gasteiger partial charge in [0.1, 0.15) is 0 Å². The van der Waals surface area contributed by atoms with Crippen molar-refractivity contribution in [3.8, 4) is 0 Å². The molecule has 7 nitrogen and oxygen atoms in total. The van der Waals surface area contributed by atoms with Gasteiger partial charge in [0.2, 0.25) is 5.96 Å². The number of nitrogens with one attached hydrogen (secondary N) is 1. The summed E-state index contributed by atoms with van der Waals surface area (Å²) in [7, 11) is 0.0599. The molecule has 38 heavy (non-hydrogen) atoms. The average Bonchev–Trinajstić information content (AvgIpc) is 3.32. The van der Waals surface area contributed by atoms with E-state index in [1.54, 1.807) is 17.1 Å². The number of aliphatic imine (C=N–C) groups is 1. The molecule has 0 amide bonds. The van der Waals surface area contributed by atoms with Gasteiger partial charge < -0.3 is 4.90 Å². The number of rotatable bonds is 8. The summed E-state index contributed by atoms with van der Waals surface area (Å²) >= 11 is 12.1. The second kappa shape index (κ2) is 13.4. The van der Waals surface area contributed by atoms with Crippen molar-refractivity contribution >= 4 is 57.3 Å². The van der Waals surface area contributed by atoms with E-state index in [2.05, 4.69) is 14.6 Å². The van der Waals surface area contributed by atoms with E-state index in [0.29, 0.717) is 23.1 Å². The van der Waals surface area contributed by atoms with Gasteiger partial charge in [-0.3, -0.25) is 4.99 Å². The van der Waals surface area contributed by atoms with Gasteiger partial charge in [-0.25, -0.2) is 18.1 Å². The van der Waals surface area contributed by atoms with E-state index in [9.17, 15) is 8.42 Å². The van der Waals surface area contributed by atoms with Gasteiger partial charge in [0.15, 0.2) is 0 Å². The second-order valence-electron chi connectivity index (χ2n) is 8.96. The quantitative estimate of drug-likeness (QED) is 0.212. The lowest BCUT2D eigenvalue weighted by Gasteiger charge is -2.20. The van der Waals surface area contributed by atoms with Crippen LogP contribution in [-0.4, -0.2) is 63.7 Å². The molecule has 0 saturated heterocycles. The van der Waals surface area contributed by atoms with Gasteiger partial charge in [-0.05, 0) is 74.6 Å². The molecule has 0 bridgehead atoms. The van der Waals surface area contributed by atoms with Gasteiger partial charge in [0.05, 0.1) is 17.2 Å². The lowest BCUT2D eigenvalue weighted by Crippen LogP contribution is -2.41. The van der Waals surface area contributed by atoms with Crippen molar-refractivity contribution in [3.63, 3.8) is 0 Å². The average molecular weight is 595 g/mol. The van der Waals surface area contributed by atoms with Crippen LogP contribution >= 0.6 is 35.6 Å². The van der Waals surface area contributed by atoms with Crippen LogP contribution in [0.1, 0.15) is 23.5 Å². The van der Waals surface area contributed by atoms with E-state index in [0.717, 1.165) is 29.8 Å². The van der Waals surface area contributed by atoms with Gasteiger partial charge >= 0.3 is 0 Å². The van der Waals surface area contributed by atoms with Crippen molar-refractivity contribution in [2.45, 2.75) is 17.2 Å². The second-order valence-corrected chi connectivity index (χ2v) is 11.5. The molecule has 1 heterocycles. The molecule has 1 N–H and O–H groups in total. The van der Waals surface area contributed by atoms with Crippen molar-refractivity contribution in [2.24, 2.45) is 10.1 Å². The highest BCUT2D eigenvalue weighted by atomic mass is 35.5. The summed E-state index contributed by atoms with van der Waals surface area (Å²) in [5.74, 6) is 0.0907. The van der Waals surface area contributed by atoms with Gasteiger partial charge in [-0.1, -0.05) is 65.7 Å². The van der Waals surface area contributed by atoms with Crippen molar-refractivity contribution in [1.82, 2.24) is 14.6 Å². The summed E-state index contributed by atoms with van der Waals surface area (Å²) < 4.78 is 29.2. The predicted molar refractivity (Wildman–Crippen MR) is 158 cm³/mol. The first kappa shape index (κ1) is 29.9. The van der Waals surface area contributed by atoms with Crippen molar-refractivity contribution < 1.29 is 8.42 Å². The standard InChI is InChI=1S/C27H29Cl2N5O2S.ClH/c1-33(2)18-6-17-30-27(32-37(35,36)24-15-13-23(29)14-16-24)34-19-25(20-7-4-3-5-8-20)26(31-34)21-9-11-22(28)12-10-21;/h3-5,7-16,25H,6,17-19H2,1-2H3,(H,30,32);1H. The molecule has 1 atom stereocenters. The molecule has 11 heteroatoms. The summed E-state index contributed by atoms with van der Waals surface area (Å²) in [6, 6.07) is 23.5. The van der Waals surface area contributed by atoms with Gasteiger partial charge in [0.25, 0.3) is 10.0 Å². The number of hydrogen-bond donors (Lipinski definition) is 1. The van der Waals surface area contributed by atoms with Gasteiger partial charge in [-0.15, -0.1) is 12.4 Å². The number of nitrogens with zero attached hydrogens (tertiary/aromatic N) is 4. The fourth-order valence-corrected chi connectivity index (χ4v) is 5.27. The van der Waals surface area contributed by atoms with Gasteiger partial charge in [0, 0.05) is 22.5 Å². The SMILES string of the molecule is CN(C)CCCN=C(NS(=O)(=O)c1ccc(Cl)cc1)N1CC(c2ccccc2)C(c2ccc(Cl)cc2)=N1.Cl. The van der Waals surface area contributed by atoms with E-state index in [-0.39, 0.29) is 29.2 Å². The molecule has 1 aliphatic heterocycles. The largest absolute Gasteiger partial charge is 0.309 e. The lowest BCUT2D eigenvalue weighted by atomic mass is 9.91. The predicted octanol–water partition coefficient (Wildman–Crippen LogP) is 5.50. The van der Waals surface area contributed by atoms with Gasteiger partial charge in [-0.2, -0.15) is 5.10 Å². The molecular formula is C27H30Cl3N5O2S. The maximum atomic E-state index is 13.3. The Morgan fingerprint density at radius 1 is 1.00 bits per heavy atom. The van der Waals surface area contributed by atoms with Crippen molar-refractivity contribution in [1.29, 1.82) is 0 Å². The van der Waals surface area contributed by atoms with Crippen LogP contribution in [0.15, 0.2) is 93.9 Å². The third kappa shape index (κ3) is 7.71. The Morgan fingerprint density at radius 3 is 2.21 bits per heavy atom. The number of benzene rings is 3. The summed E-state index contributed by atoms with van der Waals surface area (Å²) in [6.45, 7) is 1.69. The number of guanidine groups is 1. The van der Waals surface area contributed by atoms with E-state index < -0.39 is 10.0 Å². The first-order valence-corrected chi connectivity index (χ1v) is 14.1. The lowest BCUT2D eigenvalue weighted by molar-refractivity contribution is 0.401. The van der Waals surface area contributed by atoms with Crippen LogP contribution < -0.4 is 4.72 Å². The van der Waals surface area contributed by atoms with Crippen LogP contribution in [0.2, 0.25) is 10.0 Å². The van der Waals surface area contributed by atoms with Crippen LogP contribution in [-0.2, 0) is 10.0 Å². The monoisotopic (exact) mass is 593 g/mol. The molecule has 3 aromatic carbocycles. The normalized spacial score (nSPS) is 15.8. The molecule has 0 fully saturated rings. The van der Waals surface area contributed by atoms with Crippen LogP contribution in [0.25, 0.3) is 0 Å². The van der Waals surface area contributed by atoms with Crippen LogP contribution in [0.3, 0.4) is 0 Å². The van der Waals surface area contributed by atoms with Crippen LogP contribution in [0, 0.1) is 0 Å². The molecular weight excluding hydrogens is 565 g/mol. The number of hydrogen-bond acceptors (Lipinski definition) is 5. The highest BCUT2D eigenvalue weighted by Crippen LogP contribution is 2.29. The van der Waals surface area contributed by atoms with Crippen molar-refractivity contribution in [2.75, 3.05) is 33.7 Å². The molecule has 4 rings (SSSR count). The fraction of sp³-hybridized carbons (Fsp3) is 0.259. The molecule has 1 unspecified atom stereocenters. The maximum Gasteiger partial charge on any atom is 0.264 e. The Balaban J connectivity index is 0.00000400. The zero-order valence-electron chi connectivity index (χ0n) is 21.1. The van der Waals surface area contributed by atoms with Crippen LogP contribution in [0.5, 0.6) is 0 Å². The number of sulfonamides is 1. The Labute approximate surface area is 240 Å². The Kier molecular flexibility index (Phi) is 10.6. The Morgan fingerprint density at radius 2 is 1.61 bits per heavy atom. The van der Waals surface area contributed by atoms with Crippen LogP contribution in [0.4, 0.5) is 0 Å². The molecule has 202 valence electrons. The zero-order valence-corrected chi connectivity index (χ0v) is 24.2. The molecule has 1 aliphatic rings. The summed E-state index contributed by atoms with van der Waals surface area (Å²) in [5.41, 5.74) is 2.80. The highest BCUT2D eigenvalue weighted by molar-refractivity contribution is 7.90.